The van der Waals surface area contributed by atoms with Gasteiger partial charge in [0.2, 0.25) is 0 Å². The van der Waals surface area contributed by atoms with Crippen molar-refractivity contribution in [1.82, 2.24) is 0 Å². The summed E-state index contributed by atoms with van der Waals surface area (Å²) in [6.07, 6.45) is 0. The fourth-order valence-electron chi connectivity index (χ4n) is 2.10. The molecule has 0 saturated heterocycles. The van der Waals surface area contributed by atoms with E-state index in [1.807, 2.05) is 0 Å². The molecule has 0 bridgehead atoms. The molecule has 0 amide bonds. The summed E-state index contributed by atoms with van der Waals surface area (Å²) in [4.78, 5) is 0. The van der Waals surface area contributed by atoms with Crippen molar-refractivity contribution >= 4 is 31.5 Å². The van der Waals surface area contributed by atoms with Crippen LogP contribution in [0.5, 0.6) is 0 Å². The van der Waals surface area contributed by atoms with Crippen molar-refractivity contribution in [3.63, 3.8) is 0 Å². The van der Waals surface area contributed by atoms with Gasteiger partial charge in [0.1, 0.15) is 0 Å². The van der Waals surface area contributed by atoms with Crippen LogP contribution in [0.25, 0.3) is 31.3 Å². The molecule has 0 aliphatic heterocycles. The fourth-order valence-corrected chi connectivity index (χ4v) is 3.12. The average molecular weight is 285 g/mol. The molecule has 0 N–H and O–H groups in total. The highest BCUT2D eigenvalue weighted by atomic mass is 32.1. The standard InChI is InChI=1S/C19H14S/c1-13-6-5-9-18-19(13)16-12-15(10-11-17(16)20-18)14-7-3-2-4-8-14/h2-12H,1H3/i2D,3D,4D,5D,6D,7D,8D,9D,10D,11D,12D. The molecule has 20 heavy (non-hydrogen) atoms. The van der Waals surface area contributed by atoms with Gasteiger partial charge in [0.25, 0.3) is 0 Å². The topological polar surface area (TPSA) is 0 Å². The van der Waals surface area contributed by atoms with Gasteiger partial charge in [0.15, 0.2) is 0 Å². The van der Waals surface area contributed by atoms with Gasteiger partial charge in [-0.15, -0.1) is 11.3 Å². The van der Waals surface area contributed by atoms with E-state index in [2.05, 4.69) is 0 Å². The maximum Gasteiger partial charge on any atom is 0.0638 e. The lowest BCUT2D eigenvalue weighted by molar-refractivity contribution is 1.55. The van der Waals surface area contributed by atoms with Crippen LogP contribution in [0.3, 0.4) is 0 Å². The Labute approximate surface area is 137 Å². The third-order valence-corrected chi connectivity index (χ3v) is 4.03. The molecule has 96 valence electrons. The summed E-state index contributed by atoms with van der Waals surface area (Å²) in [6.45, 7) is 1.58. The lowest BCUT2D eigenvalue weighted by Gasteiger charge is -2.02. The van der Waals surface area contributed by atoms with Crippen LogP contribution in [0, 0.1) is 6.92 Å². The normalized spacial score (nSPS) is 18.9. The lowest BCUT2D eigenvalue weighted by Crippen LogP contribution is -1.77. The second-order valence-electron chi connectivity index (χ2n) is 4.26. The van der Waals surface area contributed by atoms with Crippen LogP contribution in [-0.4, -0.2) is 0 Å². The van der Waals surface area contributed by atoms with Crippen LogP contribution in [0.15, 0.2) is 66.5 Å². The zero-order valence-electron chi connectivity index (χ0n) is 21.4. The molecule has 1 heteroatoms. The molecular formula is C19H14S. The van der Waals surface area contributed by atoms with Crippen molar-refractivity contribution in [2.45, 2.75) is 6.92 Å². The second-order valence-corrected chi connectivity index (χ2v) is 5.28. The molecule has 0 fully saturated rings. The van der Waals surface area contributed by atoms with Gasteiger partial charge in [-0.05, 0) is 41.7 Å². The van der Waals surface area contributed by atoms with Gasteiger partial charge in [0, 0.05) is 20.2 Å². The van der Waals surface area contributed by atoms with E-state index in [-0.39, 0.29) is 51.4 Å². The summed E-state index contributed by atoms with van der Waals surface area (Å²) < 4.78 is 90.6. The van der Waals surface area contributed by atoms with E-state index in [4.69, 9.17) is 15.1 Å². The predicted octanol–water partition coefficient (Wildman–Crippen LogP) is 6.03. The number of benzene rings is 3. The summed E-state index contributed by atoms with van der Waals surface area (Å²) >= 11 is 0.985. The first-order chi connectivity index (χ1) is 14.4. The van der Waals surface area contributed by atoms with Gasteiger partial charge in [-0.3, -0.25) is 0 Å². The van der Waals surface area contributed by atoms with Crippen molar-refractivity contribution in [2.24, 2.45) is 0 Å². The predicted molar refractivity (Wildman–Crippen MR) is 89.5 cm³/mol. The quantitative estimate of drug-likeness (QED) is 0.400. The summed E-state index contributed by atoms with van der Waals surface area (Å²) in [5, 5.41) is 0.528. The molecule has 0 saturated carbocycles. The van der Waals surface area contributed by atoms with Crippen LogP contribution in [0.4, 0.5) is 0 Å². The highest BCUT2D eigenvalue weighted by Crippen LogP contribution is 2.37. The zero-order chi connectivity index (χ0) is 23.1. The Morgan fingerprint density at radius 1 is 0.800 bits per heavy atom. The Hall–Kier alpha value is -2.12. The van der Waals surface area contributed by atoms with E-state index in [0.29, 0.717) is 15.6 Å². The maximum atomic E-state index is 8.79. The summed E-state index contributed by atoms with van der Waals surface area (Å²) in [5.74, 6) is 0. The van der Waals surface area contributed by atoms with Crippen molar-refractivity contribution in [3.8, 4) is 11.1 Å². The molecule has 1 aromatic heterocycles. The zero-order valence-corrected chi connectivity index (χ0v) is 11.2. The molecule has 0 atom stereocenters. The molecule has 1 heterocycles. The first-order valence-corrected chi connectivity index (χ1v) is 6.72. The molecule has 0 nitrogen and oxygen atoms in total. The van der Waals surface area contributed by atoms with Crippen LogP contribution < -0.4 is 0 Å². The van der Waals surface area contributed by atoms with Gasteiger partial charge in [-0.1, -0.05) is 48.3 Å². The largest absolute Gasteiger partial charge is 0.135 e. The Bertz CT molecular complexity index is 1420. The van der Waals surface area contributed by atoms with Gasteiger partial charge < -0.3 is 0 Å². The van der Waals surface area contributed by atoms with E-state index < -0.39 is 36.3 Å². The van der Waals surface area contributed by atoms with E-state index in [1.54, 1.807) is 6.92 Å². The number of rotatable bonds is 1. The minimum Gasteiger partial charge on any atom is -0.135 e. The van der Waals surface area contributed by atoms with Gasteiger partial charge in [-0.2, -0.15) is 0 Å². The van der Waals surface area contributed by atoms with Crippen LogP contribution in [0.1, 0.15) is 20.6 Å². The minimum absolute atomic E-state index is 0.178. The molecule has 0 radical (unpaired) electrons. The molecule has 4 rings (SSSR count). The number of thiophene rings is 1. The fraction of sp³-hybridized carbons (Fsp3) is 0.0526. The first-order valence-electron chi connectivity index (χ1n) is 11.4. The molecule has 0 aliphatic carbocycles. The number of fused-ring (bicyclic) bond motifs is 3. The van der Waals surface area contributed by atoms with Crippen molar-refractivity contribution in [3.05, 3.63) is 72.0 Å². The van der Waals surface area contributed by atoms with E-state index >= 15 is 0 Å². The Morgan fingerprint density at radius 3 is 2.50 bits per heavy atom. The van der Waals surface area contributed by atoms with Crippen LogP contribution in [-0.2, 0) is 0 Å². The smallest absolute Gasteiger partial charge is 0.0638 e. The third kappa shape index (κ3) is 1.75. The number of hydrogen-bond acceptors (Lipinski definition) is 1. The van der Waals surface area contributed by atoms with Crippen LogP contribution in [0.2, 0.25) is 0 Å². The molecular weight excluding hydrogens is 260 g/mol. The summed E-state index contributed by atoms with van der Waals surface area (Å²) in [6, 6.07) is -4.66. The molecule has 0 spiro atoms. The monoisotopic (exact) mass is 285 g/mol. The van der Waals surface area contributed by atoms with Crippen molar-refractivity contribution in [1.29, 1.82) is 0 Å². The lowest BCUT2D eigenvalue weighted by atomic mass is 10.0. The highest BCUT2D eigenvalue weighted by Gasteiger charge is 2.08. The van der Waals surface area contributed by atoms with Gasteiger partial charge >= 0.3 is 0 Å². The molecule has 4 aromatic rings. The van der Waals surface area contributed by atoms with Crippen molar-refractivity contribution in [2.75, 3.05) is 0 Å². The van der Waals surface area contributed by atoms with Crippen molar-refractivity contribution < 1.29 is 15.1 Å². The first kappa shape index (κ1) is 5.01. The number of hydrogen-bond donors (Lipinski definition) is 0. The molecule has 0 aliphatic rings. The summed E-state index contributed by atoms with van der Waals surface area (Å²) in [5.41, 5.74) is -0.246. The Balaban J connectivity index is 2.30. The molecule has 3 aromatic carbocycles. The Morgan fingerprint density at radius 2 is 1.65 bits per heavy atom. The Kier molecular flexibility index (Phi) is 1.12. The highest BCUT2D eigenvalue weighted by molar-refractivity contribution is 7.25. The van der Waals surface area contributed by atoms with E-state index in [0.717, 1.165) is 11.3 Å². The SMILES string of the molecule is [2H]c1c([2H])c([2H])c(-c2c([2H])c([2H])c3sc4c([2H])c([2H])c([2H])c(C)c4c3c2[2H])c([2H])c1[2H]. The maximum absolute atomic E-state index is 8.79. The van der Waals surface area contributed by atoms with Crippen LogP contribution >= 0.6 is 11.3 Å². The second kappa shape index (κ2) is 4.46. The minimum atomic E-state index is -0.603. The number of aryl methyl sites for hydroxylation is 1. The summed E-state index contributed by atoms with van der Waals surface area (Å²) in [7, 11) is 0. The van der Waals surface area contributed by atoms with Gasteiger partial charge in [0.05, 0.1) is 15.1 Å². The van der Waals surface area contributed by atoms with Gasteiger partial charge in [-0.25, -0.2) is 0 Å². The third-order valence-electron chi connectivity index (χ3n) is 3.01. The average Bonchev–Trinajstić information content (AvgIpc) is 3.15. The van der Waals surface area contributed by atoms with E-state index in [1.165, 1.54) is 0 Å². The van der Waals surface area contributed by atoms with E-state index in [9.17, 15) is 0 Å². The molecule has 0 unspecified atom stereocenters.